The lowest BCUT2D eigenvalue weighted by Gasteiger charge is -2.12. The second-order valence-electron chi connectivity index (χ2n) is 6.45. The number of carbonyl (C=O) groups is 1. The third-order valence-corrected chi connectivity index (χ3v) is 4.65. The Bertz CT molecular complexity index is 1440. The largest absolute Gasteiger partial charge is 0.295 e. The highest BCUT2D eigenvalue weighted by molar-refractivity contribution is 5.94. The Morgan fingerprint density at radius 2 is 1.79 bits per heavy atom. The van der Waals surface area contributed by atoms with Crippen molar-refractivity contribution in [1.82, 2.24) is 14.0 Å². The molecule has 28 heavy (non-hydrogen) atoms. The van der Waals surface area contributed by atoms with Gasteiger partial charge in [-0.3, -0.25) is 23.4 Å². The molecule has 0 saturated heterocycles. The molecule has 0 radical (unpaired) electrons. The second kappa shape index (κ2) is 6.28. The second-order valence-corrected chi connectivity index (χ2v) is 6.45. The van der Waals surface area contributed by atoms with Crippen LogP contribution in [0.15, 0.2) is 58.3 Å². The van der Waals surface area contributed by atoms with Gasteiger partial charge in [0.15, 0.2) is 11.4 Å². The van der Waals surface area contributed by atoms with Gasteiger partial charge in [0, 0.05) is 11.8 Å². The molecule has 136 valence electrons. The van der Waals surface area contributed by atoms with Gasteiger partial charge in [0.05, 0.1) is 11.1 Å². The highest BCUT2D eigenvalue weighted by Gasteiger charge is 2.17. The summed E-state index contributed by atoms with van der Waals surface area (Å²) in [7, 11) is 0. The van der Waals surface area contributed by atoms with Crippen LogP contribution in [0.4, 0.5) is 0 Å². The van der Waals surface area contributed by atoms with Gasteiger partial charge in [-0.2, -0.15) is 5.26 Å². The topological polar surface area (TPSA) is 97.2 Å². The first-order valence-corrected chi connectivity index (χ1v) is 8.51. The van der Waals surface area contributed by atoms with E-state index in [1.165, 1.54) is 22.0 Å². The van der Waals surface area contributed by atoms with Crippen molar-refractivity contribution in [3.63, 3.8) is 0 Å². The van der Waals surface area contributed by atoms with E-state index < -0.39 is 5.56 Å². The Labute approximate surface area is 158 Å². The fraction of sp³-hybridized carbons (Fsp3) is 0.0952. The molecule has 4 aromatic rings. The van der Waals surface area contributed by atoms with E-state index in [-0.39, 0.29) is 27.9 Å². The Kier molecular flexibility index (Phi) is 3.90. The molecule has 0 spiro atoms. The molecule has 0 unspecified atom stereocenters. The van der Waals surface area contributed by atoms with Gasteiger partial charge in [0.1, 0.15) is 17.3 Å². The minimum Gasteiger partial charge on any atom is -0.295 e. The fourth-order valence-electron chi connectivity index (χ4n) is 3.18. The van der Waals surface area contributed by atoms with Crippen LogP contribution in [0.2, 0.25) is 0 Å². The first-order chi connectivity index (χ1) is 13.4. The van der Waals surface area contributed by atoms with E-state index in [4.69, 9.17) is 0 Å². The van der Waals surface area contributed by atoms with Crippen molar-refractivity contribution in [3.8, 4) is 11.8 Å². The van der Waals surface area contributed by atoms with Gasteiger partial charge in [0.25, 0.3) is 11.1 Å². The highest BCUT2D eigenvalue weighted by atomic mass is 16.1. The standard InChI is InChI=1S/C21H14N4O3/c1-12-4-3-9-24-18(12)23-19-17(21(24)28)10-15(11-22)20(27)25(19)16-7-5-14(6-8-16)13(2)26/h3-10H,1-2H3. The molecule has 4 rings (SSSR count). The average Bonchev–Trinajstić information content (AvgIpc) is 2.69. The van der Waals surface area contributed by atoms with Crippen LogP contribution in [-0.4, -0.2) is 19.7 Å². The molecule has 3 heterocycles. The number of rotatable bonds is 2. The van der Waals surface area contributed by atoms with Crippen LogP contribution in [0.25, 0.3) is 22.4 Å². The van der Waals surface area contributed by atoms with Gasteiger partial charge >= 0.3 is 0 Å². The highest BCUT2D eigenvalue weighted by Crippen LogP contribution is 2.17. The van der Waals surface area contributed by atoms with Crippen molar-refractivity contribution in [3.05, 3.63) is 86.1 Å². The zero-order chi connectivity index (χ0) is 20.0. The number of hydrogen-bond donors (Lipinski definition) is 0. The SMILES string of the molecule is CC(=O)c1ccc(-n2c(=O)c(C#N)cc3c(=O)n4cccc(C)c4nc32)cc1. The van der Waals surface area contributed by atoms with E-state index in [0.29, 0.717) is 16.9 Å². The van der Waals surface area contributed by atoms with Crippen LogP contribution < -0.4 is 11.1 Å². The number of nitriles is 1. The first-order valence-electron chi connectivity index (χ1n) is 8.51. The van der Waals surface area contributed by atoms with Gasteiger partial charge in [-0.25, -0.2) is 4.98 Å². The molecular formula is C21H14N4O3. The van der Waals surface area contributed by atoms with Gasteiger partial charge in [0.2, 0.25) is 0 Å². The van der Waals surface area contributed by atoms with E-state index in [0.717, 1.165) is 5.56 Å². The van der Waals surface area contributed by atoms with Crippen molar-refractivity contribution < 1.29 is 4.79 Å². The number of Topliss-reactive ketones (excluding diaryl/α,β-unsaturated/α-hetero) is 1. The Hall–Kier alpha value is -4.05. The van der Waals surface area contributed by atoms with E-state index in [2.05, 4.69) is 4.98 Å². The Balaban J connectivity index is 2.19. The Morgan fingerprint density at radius 1 is 1.07 bits per heavy atom. The summed E-state index contributed by atoms with van der Waals surface area (Å²) >= 11 is 0. The smallest absolute Gasteiger partial charge is 0.274 e. The van der Waals surface area contributed by atoms with Crippen LogP contribution in [0.1, 0.15) is 28.4 Å². The molecule has 0 aliphatic rings. The molecule has 0 saturated carbocycles. The lowest BCUT2D eigenvalue weighted by molar-refractivity contribution is 0.101. The van der Waals surface area contributed by atoms with Gasteiger partial charge in [-0.05, 0) is 55.8 Å². The van der Waals surface area contributed by atoms with Gasteiger partial charge < -0.3 is 0 Å². The fourth-order valence-corrected chi connectivity index (χ4v) is 3.18. The lowest BCUT2D eigenvalue weighted by Crippen LogP contribution is -2.26. The maximum Gasteiger partial charge on any atom is 0.274 e. The lowest BCUT2D eigenvalue weighted by atomic mass is 10.1. The summed E-state index contributed by atoms with van der Waals surface area (Å²) in [5.74, 6) is -0.104. The molecule has 0 aliphatic heterocycles. The molecule has 1 aromatic carbocycles. The summed E-state index contributed by atoms with van der Waals surface area (Å²) in [5, 5.41) is 9.54. The molecule has 7 nitrogen and oxygen atoms in total. The maximum atomic E-state index is 13.0. The number of carbonyl (C=O) groups excluding carboxylic acids is 1. The third kappa shape index (κ3) is 2.51. The third-order valence-electron chi connectivity index (χ3n) is 4.65. The average molecular weight is 370 g/mol. The number of hydrogen-bond acceptors (Lipinski definition) is 5. The molecule has 0 N–H and O–H groups in total. The van der Waals surface area contributed by atoms with E-state index >= 15 is 0 Å². The molecule has 0 atom stereocenters. The summed E-state index contributed by atoms with van der Waals surface area (Å²) in [4.78, 5) is 42.0. The number of ketones is 1. The summed E-state index contributed by atoms with van der Waals surface area (Å²) in [5.41, 5.74) is 1.18. The number of aromatic nitrogens is 3. The van der Waals surface area contributed by atoms with Crippen LogP contribution in [-0.2, 0) is 0 Å². The van der Waals surface area contributed by atoms with Crippen molar-refractivity contribution in [2.75, 3.05) is 0 Å². The van der Waals surface area contributed by atoms with Crippen LogP contribution in [0.3, 0.4) is 0 Å². The number of benzene rings is 1. The van der Waals surface area contributed by atoms with Crippen molar-refractivity contribution in [2.45, 2.75) is 13.8 Å². The van der Waals surface area contributed by atoms with Crippen LogP contribution in [0, 0.1) is 18.3 Å². The van der Waals surface area contributed by atoms with Crippen molar-refractivity contribution in [1.29, 1.82) is 5.26 Å². The zero-order valence-electron chi connectivity index (χ0n) is 15.1. The molecule has 3 aromatic heterocycles. The molecule has 0 amide bonds. The summed E-state index contributed by atoms with van der Waals surface area (Å²) in [6, 6.07) is 13.1. The van der Waals surface area contributed by atoms with E-state index in [9.17, 15) is 19.6 Å². The van der Waals surface area contributed by atoms with E-state index in [1.807, 2.05) is 19.1 Å². The monoisotopic (exact) mass is 370 g/mol. The zero-order valence-corrected chi connectivity index (χ0v) is 15.1. The van der Waals surface area contributed by atoms with Gasteiger partial charge in [-0.15, -0.1) is 0 Å². The van der Waals surface area contributed by atoms with Crippen LogP contribution >= 0.6 is 0 Å². The quantitative estimate of drug-likeness (QED) is 0.399. The number of aryl methyl sites for hydroxylation is 1. The summed E-state index contributed by atoms with van der Waals surface area (Å²) < 4.78 is 2.64. The normalized spacial score (nSPS) is 10.9. The molecule has 0 bridgehead atoms. The van der Waals surface area contributed by atoms with Gasteiger partial charge in [-0.1, -0.05) is 6.07 Å². The Morgan fingerprint density at radius 3 is 2.43 bits per heavy atom. The minimum atomic E-state index is -0.574. The molecule has 0 aliphatic carbocycles. The van der Waals surface area contributed by atoms with Crippen LogP contribution in [0.5, 0.6) is 0 Å². The van der Waals surface area contributed by atoms with Crippen molar-refractivity contribution in [2.24, 2.45) is 0 Å². The molecule has 7 heteroatoms. The predicted octanol–water partition coefficient (Wildman–Crippen LogP) is 2.38. The molecular weight excluding hydrogens is 356 g/mol. The maximum absolute atomic E-state index is 13.0. The van der Waals surface area contributed by atoms with Crippen molar-refractivity contribution >= 4 is 22.5 Å². The first kappa shape index (κ1) is 17.4. The minimum absolute atomic E-state index is 0.104. The summed E-state index contributed by atoms with van der Waals surface area (Å²) in [6.07, 6.45) is 1.60. The predicted molar refractivity (Wildman–Crippen MR) is 104 cm³/mol. The number of pyridine rings is 2. The summed E-state index contributed by atoms with van der Waals surface area (Å²) in [6.45, 7) is 3.27. The number of nitrogens with zero attached hydrogens (tertiary/aromatic N) is 4. The number of fused-ring (bicyclic) bond motifs is 2. The van der Waals surface area contributed by atoms with E-state index in [1.54, 1.807) is 36.5 Å². The molecule has 0 fully saturated rings.